The number of thiazole rings is 1. The van der Waals surface area contributed by atoms with Crippen molar-refractivity contribution in [3.63, 3.8) is 0 Å². The van der Waals surface area contributed by atoms with Crippen molar-refractivity contribution < 1.29 is 14.0 Å². The first-order valence-corrected chi connectivity index (χ1v) is 7.22. The Kier molecular flexibility index (Phi) is 4.99. The Hall–Kier alpha value is -2.28. The molecule has 1 aromatic carbocycles. The van der Waals surface area contributed by atoms with Crippen LogP contribution >= 0.6 is 11.3 Å². The van der Waals surface area contributed by atoms with E-state index in [1.54, 1.807) is 11.6 Å². The van der Waals surface area contributed by atoms with E-state index in [9.17, 15) is 14.0 Å². The van der Waals surface area contributed by atoms with E-state index in [1.165, 1.54) is 36.5 Å². The maximum Gasteiger partial charge on any atom is 0.254 e. The van der Waals surface area contributed by atoms with E-state index in [0.717, 1.165) is 5.69 Å². The Bertz CT molecular complexity index is 631. The fraction of sp³-hybridized carbons (Fsp3) is 0.214. The van der Waals surface area contributed by atoms with Crippen LogP contribution in [0.1, 0.15) is 23.0 Å². The molecule has 2 rings (SSSR count). The zero-order valence-corrected chi connectivity index (χ0v) is 12.1. The van der Waals surface area contributed by atoms with Gasteiger partial charge in [0.15, 0.2) is 0 Å². The van der Waals surface area contributed by atoms with Crippen LogP contribution in [-0.2, 0) is 11.3 Å². The SMILES string of the molecule is CC(NC(=O)c1ccccc1F)C(=O)NCc1cscn1. The molecule has 110 valence electrons. The number of amides is 2. The summed E-state index contributed by atoms with van der Waals surface area (Å²) in [7, 11) is 0. The fourth-order valence-electron chi connectivity index (χ4n) is 1.64. The lowest BCUT2D eigenvalue weighted by atomic mass is 10.2. The molecule has 7 heteroatoms. The molecule has 0 aliphatic heterocycles. The zero-order valence-electron chi connectivity index (χ0n) is 11.3. The van der Waals surface area contributed by atoms with Crippen LogP contribution in [0.25, 0.3) is 0 Å². The summed E-state index contributed by atoms with van der Waals surface area (Å²) < 4.78 is 13.5. The second kappa shape index (κ2) is 6.94. The number of rotatable bonds is 5. The molecule has 2 aromatic rings. The van der Waals surface area contributed by atoms with Gasteiger partial charge in [-0.05, 0) is 19.1 Å². The van der Waals surface area contributed by atoms with E-state index in [-0.39, 0.29) is 11.5 Å². The number of hydrogen-bond acceptors (Lipinski definition) is 4. The molecule has 1 unspecified atom stereocenters. The molecule has 0 aliphatic rings. The quantitative estimate of drug-likeness (QED) is 0.883. The van der Waals surface area contributed by atoms with Crippen LogP contribution in [0.15, 0.2) is 35.2 Å². The lowest BCUT2D eigenvalue weighted by molar-refractivity contribution is -0.122. The van der Waals surface area contributed by atoms with E-state index >= 15 is 0 Å². The zero-order chi connectivity index (χ0) is 15.2. The molecule has 0 bridgehead atoms. The Morgan fingerprint density at radius 2 is 2.14 bits per heavy atom. The van der Waals surface area contributed by atoms with Gasteiger partial charge in [0.1, 0.15) is 11.9 Å². The van der Waals surface area contributed by atoms with Crippen molar-refractivity contribution in [2.45, 2.75) is 19.5 Å². The number of carbonyl (C=O) groups excluding carboxylic acids is 2. The first-order chi connectivity index (χ1) is 10.1. The fourth-order valence-corrected chi connectivity index (χ4v) is 2.20. The predicted molar refractivity (Wildman–Crippen MR) is 77.3 cm³/mol. The highest BCUT2D eigenvalue weighted by Crippen LogP contribution is 2.06. The molecule has 0 saturated heterocycles. The molecule has 21 heavy (non-hydrogen) atoms. The number of hydrogen-bond donors (Lipinski definition) is 2. The minimum Gasteiger partial charge on any atom is -0.349 e. The molecule has 5 nitrogen and oxygen atoms in total. The van der Waals surface area contributed by atoms with Crippen LogP contribution in [0, 0.1) is 5.82 Å². The maximum absolute atomic E-state index is 13.5. The van der Waals surface area contributed by atoms with Gasteiger partial charge in [0.05, 0.1) is 23.3 Å². The predicted octanol–water partition coefficient (Wildman–Crippen LogP) is 1.72. The van der Waals surface area contributed by atoms with E-state index in [1.807, 2.05) is 5.38 Å². The van der Waals surface area contributed by atoms with E-state index in [4.69, 9.17) is 0 Å². The van der Waals surface area contributed by atoms with Gasteiger partial charge in [0.2, 0.25) is 5.91 Å². The third-order valence-electron chi connectivity index (χ3n) is 2.79. The number of carbonyl (C=O) groups is 2. The Morgan fingerprint density at radius 3 is 2.81 bits per heavy atom. The summed E-state index contributed by atoms with van der Waals surface area (Å²) in [6.45, 7) is 1.83. The molecule has 0 aliphatic carbocycles. The first-order valence-electron chi connectivity index (χ1n) is 6.28. The highest BCUT2D eigenvalue weighted by Gasteiger charge is 2.18. The van der Waals surface area contributed by atoms with Crippen molar-refractivity contribution in [3.8, 4) is 0 Å². The third kappa shape index (κ3) is 4.09. The Balaban J connectivity index is 1.88. The number of nitrogens with one attached hydrogen (secondary N) is 2. The summed E-state index contributed by atoms with van der Waals surface area (Å²) in [5.41, 5.74) is 2.34. The van der Waals surface area contributed by atoms with Gasteiger partial charge in [0.25, 0.3) is 5.91 Å². The molecule has 0 fully saturated rings. The van der Waals surface area contributed by atoms with Crippen LogP contribution in [0.5, 0.6) is 0 Å². The minimum atomic E-state index is -0.768. The van der Waals surface area contributed by atoms with Crippen molar-refractivity contribution in [1.29, 1.82) is 0 Å². The standard InChI is InChI=1S/C14H14FN3O2S/c1-9(13(19)16-6-10-7-21-8-17-10)18-14(20)11-4-2-3-5-12(11)15/h2-5,7-9H,6H2,1H3,(H,16,19)(H,18,20). The third-order valence-corrected chi connectivity index (χ3v) is 3.42. The molecule has 1 atom stereocenters. The highest BCUT2D eigenvalue weighted by atomic mass is 32.1. The van der Waals surface area contributed by atoms with Crippen LogP contribution < -0.4 is 10.6 Å². The highest BCUT2D eigenvalue weighted by molar-refractivity contribution is 7.07. The molecular weight excluding hydrogens is 293 g/mol. The minimum absolute atomic E-state index is 0.0864. The molecule has 1 aromatic heterocycles. The summed E-state index contributed by atoms with van der Waals surface area (Å²) in [5.74, 6) is -1.60. The second-order valence-electron chi connectivity index (χ2n) is 4.37. The number of nitrogens with zero attached hydrogens (tertiary/aromatic N) is 1. The van der Waals surface area contributed by atoms with E-state index in [2.05, 4.69) is 15.6 Å². The summed E-state index contributed by atoms with van der Waals surface area (Å²) >= 11 is 1.44. The number of halogens is 1. The largest absolute Gasteiger partial charge is 0.349 e. The maximum atomic E-state index is 13.5. The number of benzene rings is 1. The summed E-state index contributed by atoms with van der Waals surface area (Å²) in [6.07, 6.45) is 0. The topological polar surface area (TPSA) is 71.1 Å². The van der Waals surface area contributed by atoms with Crippen molar-refractivity contribution in [3.05, 3.63) is 52.2 Å². The van der Waals surface area contributed by atoms with Gasteiger partial charge < -0.3 is 10.6 Å². The summed E-state index contributed by atoms with van der Waals surface area (Å²) in [6, 6.07) is 4.85. The van der Waals surface area contributed by atoms with Crippen molar-refractivity contribution >= 4 is 23.2 Å². The van der Waals surface area contributed by atoms with E-state index < -0.39 is 17.8 Å². The molecule has 0 spiro atoms. The van der Waals surface area contributed by atoms with Crippen LogP contribution in [0.3, 0.4) is 0 Å². The Morgan fingerprint density at radius 1 is 1.38 bits per heavy atom. The number of aromatic nitrogens is 1. The summed E-state index contributed by atoms with van der Waals surface area (Å²) in [5, 5.41) is 6.93. The van der Waals surface area contributed by atoms with Gasteiger partial charge in [-0.1, -0.05) is 12.1 Å². The van der Waals surface area contributed by atoms with Crippen LogP contribution in [0.2, 0.25) is 0 Å². The normalized spacial score (nSPS) is 11.7. The average Bonchev–Trinajstić information content (AvgIpc) is 2.98. The second-order valence-corrected chi connectivity index (χ2v) is 5.09. The molecule has 0 saturated carbocycles. The van der Waals surface area contributed by atoms with Crippen LogP contribution in [-0.4, -0.2) is 22.8 Å². The van der Waals surface area contributed by atoms with Crippen molar-refractivity contribution in [2.75, 3.05) is 0 Å². The first kappa shape index (κ1) is 15.1. The molecule has 2 amide bonds. The molecule has 0 radical (unpaired) electrons. The average molecular weight is 307 g/mol. The van der Waals surface area contributed by atoms with Gasteiger partial charge in [0, 0.05) is 5.38 Å². The summed E-state index contributed by atoms with van der Waals surface area (Å²) in [4.78, 5) is 27.8. The van der Waals surface area contributed by atoms with Gasteiger partial charge in [-0.2, -0.15) is 0 Å². The lowest BCUT2D eigenvalue weighted by Gasteiger charge is -2.14. The van der Waals surface area contributed by atoms with Gasteiger partial charge in [-0.15, -0.1) is 11.3 Å². The monoisotopic (exact) mass is 307 g/mol. The smallest absolute Gasteiger partial charge is 0.254 e. The molecule has 1 heterocycles. The molecule has 2 N–H and O–H groups in total. The van der Waals surface area contributed by atoms with Crippen molar-refractivity contribution in [2.24, 2.45) is 0 Å². The van der Waals surface area contributed by atoms with Crippen molar-refractivity contribution in [1.82, 2.24) is 15.6 Å². The van der Waals surface area contributed by atoms with Crippen LogP contribution in [0.4, 0.5) is 4.39 Å². The Labute approximate surface area is 125 Å². The lowest BCUT2D eigenvalue weighted by Crippen LogP contribution is -2.44. The van der Waals surface area contributed by atoms with Gasteiger partial charge in [-0.25, -0.2) is 9.37 Å². The van der Waals surface area contributed by atoms with E-state index in [0.29, 0.717) is 6.54 Å². The van der Waals surface area contributed by atoms with Gasteiger partial charge >= 0.3 is 0 Å². The molecular formula is C14H14FN3O2S. The van der Waals surface area contributed by atoms with Gasteiger partial charge in [-0.3, -0.25) is 9.59 Å².